The van der Waals surface area contributed by atoms with Crippen LogP contribution >= 0.6 is 15.9 Å². The molecular weight excluding hydrogens is 290 g/mol. The Kier molecular flexibility index (Phi) is 5.09. The first-order valence-corrected chi connectivity index (χ1v) is 7.33. The van der Waals surface area contributed by atoms with Crippen molar-refractivity contribution < 1.29 is 5.11 Å². The summed E-state index contributed by atoms with van der Waals surface area (Å²) >= 11 is 3.62. The molecule has 0 bridgehead atoms. The highest BCUT2D eigenvalue weighted by atomic mass is 79.9. The van der Waals surface area contributed by atoms with Gasteiger partial charge in [-0.05, 0) is 23.0 Å². The predicted molar refractivity (Wildman–Crippen MR) is 80.6 cm³/mol. The summed E-state index contributed by atoms with van der Waals surface area (Å²) in [4.78, 5) is 0.371. The molecule has 0 amide bonds. The van der Waals surface area contributed by atoms with Crippen LogP contribution in [0.1, 0.15) is 40.2 Å². The van der Waals surface area contributed by atoms with Gasteiger partial charge in [0.1, 0.15) is 0 Å². The quantitative estimate of drug-likeness (QED) is 0.856. The lowest BCUT2D eigenvalue weighted by Gasteiger charge is -2.29. The SMILES string of the molecule is CC(C)C(Br)CNc1cccc(C(C)(C)C)c1[O-]. The first kappa shape index (κ1) is 15.4. The third-order valence-corrected chi connectivity index (χ3v) is 4.42. The molecular formula is C15H23BrNO-. The maximum Gasteiger partial charge on any atom is 0.0341 e. The first-order valence-electron chi connectivity index (χ1n) is 6.42. The minimum atomic E-state index is -0.110. The van der Waals surface area contributed by atoms with E-state index in [2.05, 4.69) is 55.9 Å². The Hall–Kier alpha value is -0.700. The molecule has 1 N–H and O–H groups in total. The summed E-state index contributed by atoms with van der Waals surface area (Å²) in [5.41, 5.74) is 1.45. The zero-order valence-electron chi connectivity index (χ0n) is 11.9. The van der Waals surface area contributed by atoms with Crippen LogP contribution in [0.4, 0.5) is 5.69 Å². The van der Waals surface area contributed by atoms with Gasteiger partial charge in [-0.3, -0.25) is 0 Å². The Morgan fingerprint density at radius 1 is 1.28 bits per heavy atom. The van der Waals surface area contributed by atoms with Crippen LogP contribution in [0.3, 0.4) is 0 Å². The van der Waals surface area contributed by atoms with Crippen molar-refractivity contribution in [1.29, 1.82) is 0 Å². The van der Waals surface area contributed by atoms with Gasteiger partial charge >= 0.3 is 0 Å². The Morgan fingerprint density at radius 2 is 1.89 bits per heavy atom. The molecule has 2 nitrogen and oxygen atoms in total. The largest absolute Gasteiger partial charge is 0.871 e. The minimum absolute atomic E-state index is 0.110. The van der Waals surface area contributed by atoms with Crippen LogP contribution in [-0.4, -0.2) is 11.4 Å². The maximum absolute atomic E-state index is 12.3. The molecule has 1 aromatic rings. The van der Waals surface area contributed by atoms with Crippen LogP contribution in [0, 0.1) is 5.92 Å². The summed E-state index contributed by atoms with van der Waals surface area (Å²) < 4.78 is 0. The summed E-state index contributed by atoms with van der Waals surface area (Å²) in [6, 6.07) is 5.72. The molecule has 0 aliphatic carbocycles. The fourth-order valence-corrected chi connectivity index (χ4v) is 1.87. The van der Waals surface area contributed by atoms with E-state index < -0.39 is 0 Å². The third-order valence-electron chi connectivity index (χ3n) is 3.03. The lowest BCUT2D eigenvalue weighted by molar-refractivity contribution is -0.268. The number of para-hydroxylation sites is 1. The molecule has 1 unspecified atom stereocenters. The molecule has 0 spiro atoms. The second-order valence-corrected chi connectivity index (χ2v) is 7.25. The molecule has 0 fully saturated rings. The van der Waals surface area contributed by atoms with Crippen LogP contribution in [0.2, 0.25) is 0 Å². The van der Waals surface area contributed by atoms with E-state index in [-0.39, 0.29) is 11.2 Å². The van der Waals surface area contributed by atoms with E-state index in [1.165, 1.54) is 0 Å². The molecule has 0 aliphatic heterocycles. The average molecular weight is 313 g/mol. The average Bonchev–Trinajstić information content (AvgIpc) is 2.25. The van der Waals surface area contributed by atoms with Gasteiger partial charge in [0.05, 0.1) is 0 Å². The molecule has 0 saturated carbocycles. The van der Waals surface area contributed by atoms with Gasteiger partial charge in [-0.15, -0.1) is 0 Å². The molecule has 102 valence electrons. The minimum Gasteiger partial charge on any atom is -0.871 e. The third kappa shape index (κ3) is 3.91. The highest BCUT2D eigenvalue weighted by Gasteiger charge is 2.16. The van der Waals surface area contributed by atoms with E-state index in [0.717, 1.165) is 12.1 Å². The van der Waals surface area contributed by atoms with Gasteiger partial charge in [-0.25, -0.2) is 0 Å². The van der Waals surface area contributed by atoms with Crippen molar-refractivity contribution in [3.63, 3.8) is 0 Å². The first-order chi connectivity index (χ1) is 8.23. The summed E-state index contributed by atoms with van der Waals surface area (Å²) in [6.45, 7) is 11.3. The monoisotopic (exact) mass is 312 g/mol. The summed E-state index contributed by atoms with van der Waals surface area (Å²) in [5, 5.41) is 15.6. The molecule has 0 saturated heterocycles. The van der Waals surface area contributed by atoms with E-state index in [9.17, 15) is 5.11 Å². The van der Waals surface area contributed by atoms with E-state index in [4.69, 9.17) is 0 Å². The topological polar surface area (TPSA) is 35.1 Å². The molecule has 0 aliphatic rings. The lowest BCUT2D eigenvalue weighted by Crippen LogP contribution is -2.21. The number of anilines is 1. The normalized spacial score (nSPS) is 13.7. The Bertz CT molecular complexity index is 396. The number of alkyl halides is 1. The van der Waals surface area contributed by atoms with Crippen LogP contribution in [0.25, 0.3) is 0 Å². The summed E-state index contributed by atoms with van der Waals surface area (Å²) in [7, 11) is 0. The molecule has 1 rings (SSSR count). The highest BCUT2D eigenvalue weighted by molar-refractivity contribution is 9.09. The second-order valence-electron chi connectivity index (χ2n) is 6.07. The van der Waals surface area contributed by atoms with Crippen molar-refractivity contribution in [3.8, 4) is 5.75 Å². The van der Waals surface area contributed by atoms with Gasteiger partial charge in [-0.1, -0.05) is 68.4 Å². The van der Waals surface area contributed by atoms with Gasteiger partial charge in [0.15, 0.2) is 0 Å². The highest BCUT2D eigenvalue weighted by Crippen LogP contribution is 2.34. The van der Waals surface area contributed by atoms with E-state index in [1.54, 1.807) is 0 Å². The Labute approximate surface area is 119 Å². The van der Waals surface area contributed by atoms with Gasteiger partial charge < -0.3 is 10.4 Å². The molecule has 1 aromatic carbocycles. The molecule has 1 atom stereocenters. The molecule has 18 heavy (non-hydrogen) atoms. The number of nitrogens with one attached hydrogen (secondary N) is 1. The summed E-state index contributed by atoms with van der Waals surface area (Å²) in [6.07, 6.45) is 0. The number of hydrogen-bond donors (Lipinski definition) is 1. The summed E-state index contributed by atoms with van der Waals surface area (Å²) in [5.74, 6) is 0.659. The van der Waals surface area contributed by atoms with E-state index >= 15 is 0 Å². The number of hydrogen-bond acceptors (Lipinski definition) is 2. The van der Waals surface area contributed by atoms with Crippen molar-refractivity contribution in [1.82, 2.24) is 0 Å². The standard InChI is InChI=1S/C15H24BrNO/c1-10(2)12(16)9-17-13-8-6-7-11(14(13)18)15(3,4)5/h6-8,10,12,17-18H,9H2,1-5H3/p-1. The van der Waals surface area contributed by atoms with Crippen molar-refractivity contribution in [2.45, 2.75) is 44.9 Å². The lowest BCUT2D eigenvalue weighted by atomic mass is 9.86. The predicted octanol–water partition coefficient (Wildman–Crippen LogP) is 3.89. The Balaban J connectivity index is 2.85. The van der Waals surface area contributed by atoms with E-state index in [0.29, 0.717) is 16.4 Å². The number of halogens is 1. The van der Waals surface area contributed by atoms with Gasteiger partial charge in [-0.2, -0.15) is 0 Å². The van der Waals surface area contributed by atoms with Gasteiger partial charge in [0.2, 0.25) is 0 Å². The van der Waals surface area contributed by atoms with Crippen molar-refractivity contribution in [2.75, 3.05) is 11.9 Å². The van der Waals surface area contributed by atoms with Crippen LogP contribution in [-0.2, 0) is 5.41 Å². The zero-order valence-corrected chi connectivity index (χ0v) is 13.5. The molecule has 0 heterocycles. The molecule has 3 heteroatoms. The van der Waals surface area contributed by atoms with Crippen molar-refractivity contribution >= 4 is 21.6 Å². The van der Waals surface area contributed by atoms with Crippen LogP contribution in [0.15, 0.2) is 18.2 Å². The van der Waals surface area contributed by atoms with E-state index in [1.807, 2.05) is 18.2 Å². The second kappa shape index (κ2) is 5.96. The number of rotatable bonds is 4. The Morgan fingerprint density at radius 3 is 2.39 bits per heavy atom. The smallest absolute Gasteiger partial charge is 0.0341 e. The van der Waals surface area contributed by atoms with Crippen LogP contribution in [0.5, 0.6) is 5.75 Å². The maximum atomic E-state index is 12.3. The van der Waals surface area contributed by atoms with Crippen molar-refractivity contribution in [3.05, 3.63) is 23.8 Å². The van der Waals surface area contributed by atoms with Gasteiger partial charge in [0, 0.05) is 17.1 Å². The zero-order chi connectivity index (χ0) is 13.9. The fraction of sp³-hybridized carbons (Fsp3) is 0.600. The molecule has 0 aromatic heterocycles. The van der Waals surface area contributed by atoms with Gasteiger partial charge in [0.25, 0.3) is 0 Å². The fourth-order valence-electron chi connectivity index (χ4n) is 1.71. The number of benzene rings is 1. The van der Waals surface area contributed by atoms with Crippen LogP contribution < -0.4 is 10.4 Å². The molecule has 0 radical (unpaired) electrons. The van der Waals surface area contributed by atoms with Crippen molar-refractivity contribution in [2.24, 2.45) is 5.92 Å².